The van der Waals surface area contributed by atoms with Gasteiger partial charge in [-0.25, -0.2) is 4.79 Å². The Morgan fingerprint density at radius 3 is 2.78 bits per heavy atom. The van der Waals surface area contributed by atoms with Gasteiger partial charge < -0.3 is 14.2 Å². The van der Waals surface area contributed by atoms with Crippen LogP contribution in [0.15, 0.2) is 34.9 Å². The Kier molecular flexibility index (Phi) is 3.71. The fourth-order valence-corrected chi connectivity index (χ4v) is 3.44. The van der Waals surface area contributed by atoms with E-state index in [-0.39, 0.29) is 18.1 Å². The Morgan fingerprint density at radius 1 is 1.26 bits per heavy atom. The van der Waals surface area contributed by atoms with Crippen molar-refractivity contribution in [3.05, 3.63) is 35.4 Å². The largest absolute Gasteiger partial charge is 0.377 e. The Hall–Kier alpha value is -2.05. The molecule has 120 valence electrons. The lowest BCUT2D eigenvalue weighted by Gasteiger charge is -2.34. The van der Waals surface area contributed by atoms with Crippen molar-refractivity contribution in [2.24, 2.45) is 0 Å². The van der Waals surface area contributed by atoms with Gasteiger partial charge in [-0.1, -0.05) is 28.9 Å². The van der Waals surface area contributed by atoms with Gasteiger partial charge in [0.05, 0.1) is 25.3 Å². The highest BCUT2D eigenvalue weighted by molar-refractivity contribution is 6.30. The highest BCUT2D eigenvalue weighted by atomic mass is 35.5. The molecule has 2 fully saturated rings. The highest BCUT2D eigenvalue weighted by Crippen LogP contribution is 2.30. The summed E-state index contributed by atoms with van der Waals surface area (Å²) in [6.07, 6.45) is 1.98. The number of fused-ring (bicyclic) bond motifs is 2. The minimum absolute atomic E-state index is 0.147. The van der Waals surface area contributed by atoms with Gasteiger partial charge in [-0.15, -0.1) is 0 Å². The van der Waals surface area contributed by atoms with Gasteiger partial charge in [0.1, 0.15) is 0 Å². The van der Waals surface area contributed by atoms with Crippen LogP contribution in [0.1, 0.15) is 12.8 Å². The van der Waals surface area contributed by atoms with Crippen molar-refractivity contribution in [1.29, 1.82) is 0 Å². The van der Waals surface area contributed by atoms with Crippen molar-refractivity contribution in [2.45, 2.75) is 24.9 Å². The molecule has 1 N–H and O–H groups in total. The standard InChI is InChI=1S/C16H16ClN3O3/c17-11-3-1-2-10(6-11)14-7-15(19-23-14)18-16(21)20-12-4-5-13(20)9-22-8-12/h1-3,6-7,12-13H,4-5,8-9H2,(H,18,19,21). The van der Waals surface area contributed by atoms with Crippen LogP contribution >= 0.6 is 11.6 Å². The number of ether oxygens (including phenoxy) is 1. The van der Waals surface area contributed by atoms with E-state index in [0.29, 0.717) is 29.8 Å². The van der Waals surface area contributed by atoms with E-state index in [1.165, 1.54) is 0 Å². The number of urea groups is 1. The number of nitrogens with zero attached hydrogens (tertiary/aromatic N) is 2. The molecule has 0 aliphatic carbocycles. The zero-order valence-electron chi connectivity index (χ0n) is 12.4. The number of morpholine rings is 1. The number of amides is 2. The highest BCUT2D eigenvalue weighted by Gasteiger charge is 2.40. The van der Waals surface area contributed by atoms with Gasteiger partial charge in [-0.3, -0.25) is 5.32 Å². The Labute approximate surface area is 138 Å². The summed E-state index contributed by atoms with van der Waals surface area (Å²) in [6, 6.07) is 9.16. The van der Waals surface area contributed by atoms with Crippen molar-refractivity contribution in [3.63, 3.8) is 0 Å². The Balaban J connectivity index is 1.48. The second-order valence-corrected chi connectivity index (χ2v) is 6.28. The molecule has 2 saturated heterocycles. The molecule has 23 heavy (non-hydrogen) atoms. The van der Waals surface area contributed by atoms with Crippen LogP contribution in [0.25, 0.3) is 11.3 Å². The maximum atomic E-state index is 12.5. The number of rotatable bonds is 2. The molecule has 2 bridgehead atoms. The third kappa shape index (κ3) is 2.80. The number of anilines is 1. The van der Waals surface area contributed by atoms with Crippen LogP contribution in [-0.2, 0) is 4.74 Å². The normalized spacial score (nSPS) is 23.1. The summed E-state index contributed by atoms with van der Waals surface area (Å²) in [6.45, 7) is 1.22. The van der Waals surface area contributed by atoms with Gasteiger partial charge in [0.2, 0.25) is 0 Å². The zero-order valence-corrected chi connectivity index (χ0v) is 13.1. The number of hydrogen-bond acceptors (Lipinski definition) is 4. The Bertz CT molecular complexity index is 717. The summed E-state index contributed by atoms with van der Waals surface area (Å²) < 4.78 is 10.8. The third-order valence-electron chi connectivity index (χ3n) is 4.33. The van der Waals surface area contributed by atoms with Crippen molar-refractivity contribution < 1.29 is 14.1 Å². The zero-order chi connectivity index (χ0) is 15.8. The first-order valence-corrected chi connectivity index (χ1v) is 7.98. The van der Waals surface area contributed by atoms with Gasteiger partial charge in [-0.2, -0.15) is 0 Å². The number of benzene rings is 1. The number of carbonyl (C=O) groups excluding carboxylic acids is 1. The van der Waals surface area contributed by atoms with Gasteiger partial charge in [-0.05, 0) is 25.0 Å². The number of aromatic nitrogens is 1. The lowest BCUT2D eigenvalue weighted by atomic mass is 10.2. The lowest BCUT2D eigenvalue weighted by Crippen LogP contribution is -2.50. The molecule has 0 radical (unpaired) electrons. The molecule has 2 amide bonds. The molecule has 6 nitrogen and oxygen atoms in total. The third-order valence-corrected chi connectivity index (χ3v) is 4.56. The first-order valence-electron chi connectivity index (χ1n) is 7.60. The molecular formula is C16H16ClN3O3. The first-order chi connectivity index (χ1) is 11.2. The summed E-state index contributed by atoms with van der Waals surface area (Å²) in [7, 11) is 0. The van der Waals surface area contributed by atoms with Crippen LogP contribution in [0.2, 0.25) is 5.02 Å². The van der Waals surface area contributed by atoms with Crippen LogP contribution < -0.4 is 5.32 Å². The molecule has 2 aliphatic rings. The smallest absolute Gasteiger partial charge is 0.323 e. The molecule has 7 heteroatoms. The maximum absolute atomic E-state index is 12.5. The van der Waals surface area contributed by atoms with Gasteiger partial charge in [0, 0.05) is 16.7 Å². The van der Waals surface area contributed by atoms with Gasteiger partial charge >= 0.3 is 6.03 Å². The van der Waals surface area contributed by atoms with E-state index < -0.39 is 0 Å². The fourth-order valence-electron chi connectivity index (χ4n) is 3.25. The predicted octanol–water partition coefficient (Wildman–Crippen LogP) is 3.39. The molecule has 1 aromatic carbocycles. The molecule has 2 aromatic rings. The fraction of sp³-hybridized carbons (Fsp3) is 0.375. The van der Waals surface area contributed by atoms with E-state index >= 15 is 0 Å². The summed E-state index contributed by atoms with van der Waals surface area (Å²) in [5, 5.41) is 7.35. The molecule has 4 rings (SSSR count). The summed E-state index contributed by atoms with van der Waals surface area (Å²) in [5.74, 6) is 0.962. The van der Waals surface area contributed by atoms with Crippen molar-refractivity contribution in [2.75, 3.05) is 18.5 Å². The topological polar surface area (TPSA) is 67.6 Å². The lowest BCUT2D eigenvalue weighted by molar-refractivity contribution is 0.00946. The van der Waals surface area contributed by atoms with Crippen molar-refractivity contribution in [1.82, 2.24) is 10.1 Å². The van der Waals surface area contributed by atoms with E-state index in [1.54, 1.807) is 18.2 Å². The van der Waals surface area contributed by atoms with Crippen LogP contribution in [0.4, 0.5) is 10.6 Å². The quantitative estimate of drug-likeness (QED) is 0.914. The number of nitrogens with one attached hydrogen (secondary N) is 1. The second-order valence-electron chi connectivity index (χ2n) is 5.85. The van der Waals surface area contributed by atoms with Crippen LogP contribution in [0.3, 0.4) is 0 Å². The average molecular weight is 334 g/mol. The van der Waals surface area contributed by atoms with Crippen LogP contribution in [0, 0.1) is 0 Å². The minimum Gasteiger partial charge on any atom is -0.377 e. The van der Waals surface area contributed by atoms with Gasteiger partial charge in [0.25, 0.3) is 0 Å². The number of carbonyl (C=O) groups is 1. The molecule has 2 atom stereocenters. The predicted molar refractivity (Wildman–Crippen MR) is 85.4 cm³/mol. The monoisotopic (exact) mass is 333 g/mol. The van der Waals surface area contributed by atoms with Crippen LogP contribution in [-0.4, -0.2) is 41.4 Å². The summed E-state index contributed by atoms with van der Waals surface area (Å²) in [5.41, 5.74) is 0.817. The SMILES string of the molecule is O=C(Nc1cc(-c2cccc(Cl)c2)on1)N1C2CCC1COC2. The van der Waals surface area contributed by atoms with E-state index in [4.69, 9.17) is 20.9 Å². The van der Waals surface area contributed by atoms with Crippen LogP contribution in [0.5, 0.6) is 0 Å². The van der Waals surface area contributed by atoms with Crippen molar-refractivity contribution in [3.8, 4) is 11.3 Å². The Morgan fingerprint density at radius 2 is 2.04 bits per heavy atom. The number of hydrogen-bond donors (Lipinski definition) is 1. The van der Waals surface area contributed by atoms with E-state index in [2.05, 4.69) is 10.5 Å². The average Bonchev–Trinajstić information content (AvgIpc) is 3.10. The second kappa shape index (κ2) is 5.86. The van der Waals surface area contributed by atoms with E-state index in [0.717, 1.165) is 18.4 Å². The summed E-state index contributed by atoms with van der Waals surface area (Å²) in [4.78, 5) is 14.4. The molecular weight excluding hydrogens is 318 g/mol. The molecule has 2 unspecified atom stereocenters. The molecule has 3 heterocycles. The molecule has 0 spiro atoms. The summed E-state index contributed by atoms with van der Waals surface area (Å²) >= 11 is 5.98. The molecule has 0 saturated carbocycles. The number of halogens is 1. The van der Waals surface area contributed by atoms with E-state index in [9.17, 15) is 4.79 Å². The molecule has 2 aliphatic heterocycles. The first kappa shape index (κ1) is 14.5. The maximum Gasteiger partial charge on any atom is 0.323 e. The van der Waals surface area contributed by atoms with E-state index in [1.807, 2.05) is 17.0 Å². The van der Waals surface area contributed by atoms with Gasteiger partial charge in [0.15, 0.2) is 11.6 Å². The van der Waals surface area contributed by atoms with Crippen molar-refractivity contribution >= 4 is 23.4 Å². The minimum atomic E-state index is -0.147. The molecule has 1 aromatic heterocycles.